The summed E-state index contributed by atoms with van der Waals surface area (Å²) < 4.78 is 0. The van der Waals surface area contributed by atoms with E-state index in [1.807, 2.05) is 24.4 Å². The predicted octanol–water partition coefficient (Wildman–Crippen LogP) is 4.63. The molecule has 1 atom stereocenters. The van der Waals surface area contributed by atoms with Crippen LogP contribution in [-0.2, 0) is 6.54 Å². The normalized spacial score (nSPS) is 12.4. The minimum absolute atomic E-state index is 0.213. The zero-order valence-corrected chi connectivity index (χ0v) is 12.2. The van der Waals surface area contributed by atoms with Crippen molar-refractivity contribution in [3.63, 3.8) is 0 Å². The fourth-order valence-corrected chi connectivity index (χ4v) is 2.54. The van der Waals surface area contributed by atoms with Crippen LogP contribution in [0, 0.1) is 0 Å². The third-order valence-electron chi connectivity index (χ3n) is 3.02. The molecule has 1 aromatic carbocycles. The summed E-state index contributed by atoms with van der Waals surface area (Å²) >= 11 is 12.2. The molecule has 2 nitrogen and oxygen atoms in total. The first-order valence-electron chi connectivity index (χ1n) is 6.28. The number of nitrogens with zero attached hydrogens (tertiary/aromatic N) is 1. The number of hydrogen-bond donors (Lipinski definition) is 1. The van der Waals surface area contributed by atoms with Crippen LogP contribution in [-0.4, -0.2) is 4.98 Å². The van der Waals surface area contributed by atoms with Gasteiger partial charge in [-0.1, -0.05) is 42.3 Å². The van der Waals surface area contributed by atoms with E-state index in [9.17, 15) is 0 Å². The summed E-state index contributed by atoms with van der Waals surface area (Å²) in [6.45, 7) is 2.90. The summed E-state index contributed by atoms with van der Waals surface area (Å²) in [7, 11) is 0. The highest BCUT2D eigenvalue weighted by Gasteiger charge is 2.12. The fourth-order valence-electron chi connectivity index (χ4n) is 2.00. The van der Waals surface area contributed by atoms with Crippen molar-refractivity contribution < 1.29 is 0 Å². The zero-order chi connectivity index (χ0) is 13.7. The summed E-state index contributed by atoms with van der Waals surface area (Å²) in [6, 6.07) is 9.84. The van der Waals surface area contributed by atoms with Crippen molar-refractivity contribution in [3.05, 3.63) is 63.9 Å². The quantitative estimate of drug-likeness (QED) is 0.870. The van der Waals surface area contributed by atoms with Gasteiger partial charge >= 0.3 is 0 Å². The topological polar surface area (TPSA) is 24.9 Å². The number of rotatable bonds is 5. The fraction of sp³-hybridized carbons (Fsp3) is 0.267. The molecule has 100 valence electrons. The molecule has 0 fully saturated rings. The molecule has 4 heteroatoms. The molecular formula is C15H16Cl2N2. The molecule has 1 N–H and O–H groups in total. The highest BCUT2D eigenvalue weighted by Crippen LogP contribution is 2.28. The van der Waals surface area contributed by atoms with Gasteiger partial charge in [0.05, 0.1) is 0 Å². The lowest BCUT2D eigenvalue weighted by atomic mass is 10.0. The average molecular weight is 295 g/mol. The van der Waals surface area contributed by atoms with Crippen LogP contribution in [0.25, 0.3) is 0 Å². The Kier molecular flexibility index (Phi) is 5.20. The standard InChI is InChI=1S/C15H16Cl2N2/c1-2-15(13-6-5-12(16)8-14(13)17)19-10-11-4-3-7-18-9-11/h3-9,15,19H,2,10H2,1H3. The molecule has 0 radical (unpaired) electrons. The second-order valence-corrected chi connectivity index (χ2v) is 5.21. The molecule has 2 rings (SSSR count). The van der Waals surface area contributed by atoms with Gasteiger partial charge in [-0.2, -0.15) is 0 Å². The van der Waals surface area contributed by atoms with Crippen molar-refractivity contribution in [2.75, 3.05) is 0 Å². The maximum absolute atomic E-state index is 6.25. The predicted molar refractivity (Wildman–Crippen MR) is 80.6 cm³/mol. The molecule has 0 aliphatic heterocycles. The van der Waals surface area contributed by atoms with Gasteiger partial charge in [-0.15, -0.1) is 0 Å². The summed E-state index contributed by atoms with van der Waals surface area (Å²) in [5.41, 5.74) is 2.24. The Hall–Kier alpha value is -1.09. The van der Waals surface area contributed by atoms with Crippen molar-refractivity contribution in [3.8, 4) is 0 Å². The van der Waals surface area contributed by atoms with Gasteiger partial charge in [0.15, 0.2) is 0 Å². The van der Waals surface area contributed by atoms with E-state index in [-0.39, 0.29) is 6.04 Å². The van der Waals surface area contributed by atoms with E-state index >= 15 is 0 Å². The van der Waals surface area contributed by atoms with E-state index in [0.29, 0.717) is 10.0 Å². The van der Waals surface area contributed by atoms with E-state index in [1.54, 1.807) is 12.3 Å². The molecule has 1 aromatic heterocycles. The Morgan fingerprint density at radius 2 is 2.11 bits per heavy atom. The Labute approximate surface area is 123 Å². The molecule has 0 saturated heterocycles. The molecule has 2 aromatic rings. The lowest BCUT2D eigenvalue weighted by molar-refractivity contribution is 0.518. The third kappa shape index (κ3) is 3.93. The Morgan fingerprint density at radius 1 is 1.26 bits per heavy atom. The molecule has 0 amide bonds. The molecule has 0 bridgehead atoms. The van der Waals surface area contributed by atoms with Gasteiger partial charge in [0.2, 0.25) is 0 Å². The highest BCUT2D eigenvalue weighted by atomic mass is 35.5. The molecule has 0 aliphatic rings. The number of pyridine rings is 1. The number of benzene rings is 1. The van der Waals surface area contributed by atoms with Crippen molar-refractivity contribution in [2.45, 2.75) is 25.9 Å². The SMILES string of the molecule is CCC(NCc1cccnc1)c1ccc(Cl)cc1Cl. The Bertz CT molecular complexity index is 529. The van der Waals surface area contributed by atoms with Gasteiger partial charge < -0.3 is 5.32 Å². The molecule has 19 heavy (non-hydrogen) atoms. The van der Waals surface area contributed by atoms with Crippen molar-refractivity contribution >= 4 is 23.2 Å². The second-order valence-electron chi connectivity index (χ2n) is 4.37. The summed E-state index contributed by atoms with van der Waals surface area (Å²) in [6.07, 6.45) is 4.60. The minimum atomic E-state index is 0.213. The number of nitrogens with one attached hydrogen (secondary N) is 1. The number of halogens is 2. The smallest absolute Gasteiger partial charge is 0.0468 e. The monoisotopic (exact) mass is 294 g/mol. The van der Waals surface area contributed by atoms with Gasteiger partial charge in [0.25, 0.3) is 0 Å². The summed E-state index contributed by atoms with van der Waals surface area (Å²) in [5.74, 6) is 0. The zero-order valence-electron chi connectivity index (χ0n) is 10.7. The van der Waals surface area contributed by atoms with Crippen LogP contribution in [0.2, 0.25) is 10.0 Å². The van der Waals surface area contributed by atoms with Gasteiger partial charge in [0.1, 0.15) is 0 Å². The largest absolute Gasteiger partial charge is 0.306 e. The maximum atomic E-state index is 6.25. The Morgan fingerprint density at radius 3 is 2.74 bits per heavy atom. The summed E-state index contributed by atoms with van der Waals surface area (Å²) in [5, 5.41) is 4.86. The lowest BCUT2D eigenvalue weighted by Crippen LogP contribution is -2.20. The minimum Gasteiger partial charge on any atom is -0.306 e. The van der Waals surface area contributed by atoms with Crippen LogP contribution >= 0.6 is 23.2 Å². The van der Waals surface area contributed by atoms with Crippen LogP contribution in [0.5, 0.6) is 0 Å². The number of aromatic nitrogens is 1. The first kappa shape index (κ1) is 14.3. The first-order chi connectivity index (χ1) is 9.20. The Balaban J connectivity index is 2.08. The van der Waals surface area contributed by atoms with E-state index in [4.69, 9.17) is 23.2 Å². The van der Waals surface area contributed by atoms with Crippen LogP contribution in [0.3, 0.4) is 0 Å². The average Bonchev–Trinajstić information content (AvgIpc) is 2.42. The van der Waals surface area contributed by atoms with Crippen LogP contribution < -0.4 is 5.32 Å². The molecule has 0 aliphatic carbocycles. The molecule has 0 saturated carbocycles. The third-order valence-corrected chi connectivity index (χ3v) is 3.58. The highest BCUT2D eigenvalue weighted by molar-refractivity contribution is 6.35. The molecular weight excluding hydrogens is 279 g/mol. The van der Waals surface area contributed by atoms with Crippen molar-refractivity contribution in [1.29, 1.82) is 0 Å². The van der Waals surface area contributed by atoms with E-state index in [1.165, 1.54) is 0 Å². The molecule has 1 unspecified atom stereocenters. The van der Waals surface area contributed by atoms with Crippen LogP contribution in [0.15, 0.2) is 42.7 Å². The molecule has 1 heterocycles. The molecule has 0 spiro atoms. The van der Waals surface area contributed by atoms with E-state index in [0.717, 1.165) is 24.1 Å². The van der Waals surface area contributed by atoms with E-state index < -0.39 is 0 Å². The number of hydrogen-bond acceptors (Lipinski definition) is 2. The van der Waals surface area contributed by atoms with Gasteiger partial charge in [-0.25, -0.2) is 0 Å². The van der Waals surface area contributed by atoms with Gasteiger partial charge in [0, 0.05) is 35.0 Å². The van der Waals surface area contributed by atoms with Crippen LogP contribution in [0.4, 0.5) is 0 Å². The van der Waals surface area contributed by atoms with Crippen molar-refractivity contribution in [2.24, 2.45) is 0 Å². The first-order valence-corrected chi connectivity index (χ1v) is 7.03. The van der Waals surface area contributed by atoms with Gasteiger partial charge in [-0.05, 0) is 35.7 Å². The second kappa shape index (κ2) is 6.90. The van der Waals surface area contributed by atoms with Crippen LogP contribution in [0.1, 0.15) is 30.5 Å². The van der Waals surface area contributed by atoms with E-state index in [2.05, 4.69) is 23.3 Å². The maximum Gasteiger partial charge on any atom is 0.0468 e. The van der Waals surface area contributed by atoms with Crippen molar-refractivity contribution in [1.82, 2.24) is 10.3 Å². The lowest BCUT2D eigenvalue weighted by Gasteiger charge is -2.19. The summed E-state index contributed by atoms with van der Waals surface area (Å²) in [4.78, 5) is 4.11. The van der Waals surface area contributed by atoms with Gasteiger partial charge in [-0.3, -0.25) is 4.98 Å².